The zero-order valence-corrected chi connectivity index (χ0v) is 17.8. The van der Waals surface area contributed by atoms with E-state index in [4.69, 9.17) is 9.15 Å². The van der Waals surface area contributed by atoms with Crippen LogP contribution in [-0.2, 0) is 0 Å². The fraction of sp³-hybridized carbons (Fsp3) is 0.316. The summed E-state index contributed by atoms with van der Waals surface area (Å²) in [7, 11) is 0. The number of halogens is 1. The average molecular weight is 494 g/mol. The highest BCUT2D eigenvalue weighted by atomic mass is 127. The van der Waals surface area contributed by atoms with Gasteiger partial charge in [-0.25, -0.2) is 0 Å². The van der Waals surface area contributed by atoms with Crippen LogP contribution in [0.1, 0.15) is 38.2 Å². The highest BCUT2D eigenvalue weighted by Crippen LogP contribution is 2.39. The predicted molar refractivity (Wildman–Crippen MR) is 114 cm³/mol. The Kier molecular flexibility index (Phi) is 5.82. The number of hydrogen-bond donors (Lipinski definition) is 1. The molecule has 1 N–H and O–H groups in total. The number of fused-ring (bicyclic) bond motifs is 3. The van der Waals surface area contributed by atoms with Crippen LogP contribution < -0.4 is 10.1 Å². The third-order valence-electron chi connectivity index (χ3n) is 4.17. The van der Waals surface area contributed by atoms with Gasteiger partial charge in [-0.2, -0.15) is 4.98 Å². The lowest BCUT2D eigenvalue weighted by Crippen LogP contribution is -2.16. The quantitative estimate of drug-likeness (QED) is 0.275. The molecule has 0 radical (unpaired) electrons. The molecule has 3 aromatic rings. The number of furan rings is 1. The molecule has 1 aromatic carbocycles. The van der Waals surface area contributed by atoms with E-state index in [1.807, 2.05) is 36.4 Å². The van der Waals surface area contributed by atoms with E-state index in [0.29, 0.717) is 22.5 Å². The summed E-state index contributed by atoms with van der Waals surface area (Å²) in [6.07, 6.45) is 3.06. The van der Waals surface area contributed by atoms with Crippen LogP contribution in [0.5, 0.6) is 5.88 Å². The Bertz CT molecular complexity index is 934. The first-order valence-corrected chi connectivity index (χ1v) is 11.0. The minimum Gasteiger partial charge on any atom is -0.449 e. The summed E-state index contributed by atoms with van der Waals surface area (Å²) in [5, 5.41) is 12.7. The molecule has 1 atom stereocenters. The molecule has 3 heterocycles. The van der Waals surface area contributed by atoms with E-state index in [0.717, 1.165) is 27.2 Å². The van der Waals surface area contributed by atoms with Gasteiger partial charge in [0.2, 0.25) is 17.3 Å². The number of benzene rings is 1. The van der Waals surface area contributed by atoms with Gasteiger partial charge in [0.15, 0.2) is 15.2 Å². The molecule has 0 bridgehead atoms. The van der Waals surface area contributed by atoms with Gasteiger partial charge in [-0.05, 0) is 47.2 Å². The number of nitrogens with one attached hydrogen (secondary N) is 1. The van der Waals surface area contributed by atoms with Gasteiger partial charge in [-0.1, -0.05) is 49.7 Å². The van der Waals surface area contributed by atoms with Crippen LogP contribution in [0.4, 0.5) is 5.69 Å². The van der Waals surface area contributed by atoms with E-state index in [1.54, 1.807) is 11.8 Å². The molecule has 140 valence electrons. The van der Waals surface area contributed by atoms with Gasteiger partial charge in [-0.15, -0.1) is 10.2 Å². The van der Waals surface area contributed by atoms with Gasteiger partial charge in [0, 0.05) is 17.0 Å². The SMILES string of the molecule is CCCCCSc1nnc2c(n1)O[C@H](c1ccc(I)o1)Nc1ccccc1-2. The maximum Gasteiger partial charge on any atom is 0.247 e. The molecule has 0 unspecified atom stereocenters. The summed E-state index contributed by atoms with van der Waals surface area (Å²) in [5.74, 6) is 2.14. The number of para-hydroxylation sites is 1. The zero-order valence-electron chi connectivity index (χ0n) is 14.8. The largest absolute Gasteiger partial charge is 0.449 e. The lowest BCUT2D eigenvalue weighted by atomic mass is 10.1. The second-order valence-electron chi connectivity index (χ2n) is 6.13. The third-order valence-corrected chi connectivity index (χ3v) is 5.67. The summed E-state index contributed by atoms with van der Waals surface area (Å²) in [4.78, 5) is 4.64. The monoisotopic (exact) mass is 494 g/mol. The van der Waals surface area contributed by atoms with Crippen LogP contribution in [0.15, 0.2) is 46.0 Å². The first-order valence-electron chi connectivity index (χ1n) is 8.90. The molecule has 0 spiro atoms. The number of nitrogens with zero attached hydrogens (tertiary/aromatic N) is 3. The first kappa shape index (κ1) is 18.5. The fourth-order valence-electron chi connectivity index (χ4n) is 2.82. The molecule has 1 aliphatic rings. The van der Waals surface area contributed by atoms with Gasteiger partial charge >= 0.3 is 0 Å². The molecule has 0 saturated carbocycles. The normalized spacial score (nSPS) is 15.3. The number of hydrogen-bond acceptors (Lipinski definition) is 7. The number of ether oxygens (including phenoxy) is 1. The van der Waals surface area contributed by atoms with Crippen molar-refractivity contribution >= 4 is 40.0 Å². The molecule has 0 amide bonds. The van der Waals surface area contributed by atoms with Crippen molar-refractivity contribution in [3.8, 4) is 17.1 Å². The first-order chi connectivity index (χ1) is 13.2. The van der Waals surface area contributed by atoms with Crippen molar-refractivity contribution in [2.24, 2.45) is 0 Å². The van der Waals surface area contributed by atoms with Crippen molar-refractivity contribution in [3.63, 3.8) is 0 Å². The Morgan fingerprint density at radius 3 is 2.85 bits per heavy atom. The summed E-state index contributed by atoms with van der Waals surface area (Å²) in [6.45, 7) is 2.19. The molecular formula is C19H19IN4O2S. The summed E-state index contributed by atoms with van der Waals surface area (Å²) in [5.41, 5.74) is 2.46. The van der Waals surface area contributed by atoms with Gasteiger partial charge in [-0.3, -0.25) is 0 Å². The fourth-order valence-corrected chi connectivity index (χ4v) is 4.03. The molecular weight excluding hydrogens is 475 g/mol. The minimum atomic E-state index is -0.481. The van der Waals surface area contributed by atoms with Crippen molar-refractivity contribution in [1.82, 2.24) is 15.2 Å². The van der Waals surface area contributed by atoms with Gasteiger partial charge in [0.1, 0.15) is 0 Å². The molecule has 8 heteroatoms. The highest BCUT2D eigenvalue weighted by Gasteiger charge is 2.27. The smallest absolute Gasteiger partial charge is 0.247 e. The topological polar surface area (TPSA) is 73.1 Å². The summed E-state index contributed by atoms with van der Waals surface area (Å²) in [6, 6.07) is 11.7. The average Bonchev–Trinajstić information content (AvgIpc) is 3.04. The number of rotatable bonds is 6. The molecule has 0 saturated heterocycles. The van der Waals surface area contributed by atoms with Crippen molar-refractivity contribution in [2.75, 3.05) is 11.1 Å². The Balaban J connectivity index is 1.67. The second kappa shape index (κ2) is 8.47. The number of unbranched alkanes of at least 4 members (excludes halogenated alkanes) is 2. The molecule has 27 heavy (non-hydrogen) atoms. The third kappa shape index (κ3) is 4.21. The van der Waals surface area contributed by atoms with E-state index in [9.17, 15) is 0 Å². The van der Waals surface area contributed by atoms with E-state index in [2.05, 4.69) is 50.0 Å². The van der Waals surface area contributed by atoms with Crippen molar-refractivity contribution in [1.29, 1.82) is 0 Å². The van der Waals surface area contributed by atoms with Gasteiger partial charge < -0.3 is 14.5 Å². The second-order valence-corrected chi connectivity index (χ2v) is 8.26. The van der Waals surface area contributed by atoms with Crippen LogP contribution >= 0.6 is 34.4 Å². The lowest BCUT2D eigenvalue weighted by molar-refractivity contribution is 0.193. The van der Waals surface area contributed by atoms with Crippen LogP contribution in [0, 0.1) is 3.77 Å². The Labute approximate surface area is 175 Å². The van der Waals surface area contributed by atoms with Gasteiger partial charge in [0.25, 0.3) is 0 Å². The molecule has 6 nitrogen and oxygen atoms in total. The van der Waals surface area contributed by atoms with Crippen LogP contribution in [0.25, 0.3) is 11.3 Å². The van der Waals surface area contributed by atoms with E-state index in [1.165, 1.54) is 12.8 Å². The number of anilines is 1. The molecule has 2 aromatic heterocycles. The molecule has 0 fully saturated rings. The van der Waals surface area contributed by atoms with Crippen LogP contribution in [0.3, 0.4) is 0 Å². The Morgan fingerprint density at radius 2 is 2.04 bits per heavy atom. The van der Waals surface area contributed by atoms with E-state index < -0.39 is 6.23 Å². The maximum absolute atomic E-state index is 6.17. The van der Waals surface area contributed by atoms with Gasteiger partial charge in [0.05, 0.1) is 0 Å². The van der Waals surface area contributed by atoms with E-state index in [-0.39, 0.29) is 0 Å². The summed E-state index contributed by atoms with van der Waals surface area (Å²) < 4.78 is 12.7. The predicted octanol–water partition coefficient (Wildman–Crippen LogP) is 5.52. The minimum absolute atomic E-state index is 0.469. The molecule has 0 aliphatic carbocycles. The summed E-state index contributed by atoms with van der Waals surface area (Å²) >= 11 is 3.75. The van der Waals surface area contributed by atoms with Crippen molar-refractivity contribution in [3.05, 3.63) is 45.9 Å². The van der Waals surface area contributed by atoms with Crippen LogP contribution in [-0.4, -0.2) is 20.9 Å². The zero-order chi connectivity index (χ0) is 18.6. The Morgan fingerprint density at radius 1 is 1.15 bits per heavy atom. The lowest BCUT2D eigenvalue weighted by Gasteiger charge is -2.16. The van der Waals surface area contributed by atoms with Crippen molar-refractivity contribution < 1.29 is 9.15 Å². The number of aromatic nitrogens is 3. The van der Waals surface area contributed by atoms with Crippen molar-refractivity contribution in [2.45, 2.75) is 37.6 Å². The van der Waals surface area contributed by atoms with E-state index >= 15 is 0 Å². The Hall–Kier alpha value is -1.81. The van der Waals surface area contributed by atoms with Crippen LogP contribution in [0.2, 0.25) is 0 Å². The standard InChI is InChI=1S/C19H19IN4O2S/c1-2-3-6-11-27-19-22-18-16(23-24-19)12-7-4-5-8-13(12)21-17(26-18)14-9-10-15(20)25-14/h4-5,7-10,17,21H,2-3,6,11H2,1H3/t17-/m1/s1. The molecule has 1 aliphatic heterocycles. The maximum atomic E-state index is 6.17. The molecule has 4 rings (SSSR count). The highest BCUT2D eigenvalue weighted by molar-refractivity contribution is 14.1. The number of thioether (sulfide) groups is 1.